The quantitative estimate of drug-likeness (QED) is 0.269. The van der Waals surface area contributed by atoms with Gasteiger partial charge in [-0.2, -0.15) is 0 Å². The molecule has 0 aliphatic rings. The highest BCUT2D eigenvalue weighted by atomic mass is 16.2. The smallest absolute Gasteiger partial charge is 0.326 e. The van der Waals surface area contributed by atoms with E-state index < -0.39 is 0 Å². The van der Waals surface area contributed by atoms with Crippen LogP contribution in [0.5, 0.6) is 0 Å². The van der Waals surface area contributed by atoms with Crippen molar-refractivity contribution >= 4 is 23.2 Å². The Morgan fingerprint density at radius 3 is 1.50 bits per heavy atom. The fraction of sp³-hybridized carbons (Fsp3) is 0.231. The lowest BCUT2D eigenvalue weighted by Gasteiger charge is -2.10. The van der Waals surface area contributed by atoms with E-state index in [0.717, 1.165) is 11.4 Å². The zero-order chi connectivity index (χ0) is 25.7. The van der Waals surface area contributed by atoms with E-state index in [-0.39, 0.29) is 36.0 Å². The molecule has 36 heavy (non-hydrogen) atoms. The fourth-order valence-electron chi connectivity index (χ4n) is 4.02. The van der Waals surface area contributed by atoms with E-state index in [1.54, 1.807) is 60.9 Å². The number of carbonyl (C=O) groups excluding carboxylic acids is 2. The van der Waals surface area contributed by atoms with Crippen LogP contribution in [0.2, 0.25) is 0 Å². The topological polar surface area (TPSA) is 134 Å². The first kappa shape index (κ1) is 24.5. The lowest BCUT2D eigenvalue weighted by Crippen LogP contribution is -2.17. The number of aromatic nitrogens is 4. The molecule has 0 saturated carbocycles. The number of hydrogen-bond acceptors (Lipinski definition) is 4. The molecule has 2 heterocycles. The highest BCUT2D eigenvalue weighted by molar-refractivity contribution is 5.92. The van der Waals surface area contributed by atoms with Crippen LogP contribution in [0.25, 0.3) is 11.4 Å². The van der Waals surface area contributed by atoms with Crippen molar-refractivity contribution < 1.29 is 9.59 Å². The number of anilines is 2. The molecule has 2 amide bonds. The van der Waals surface area contributed by atoms with Crippen molar-refractivity contribution in [1.82, 2.24) is 19.1 Å². The van der Waals surface area contributed by atoms with Gasteiger partial charge in [-0.1, -0.05) is 12.1 Å². The minimum atomic E-state index is -0.241. The second-order valence-corrected chi connectivity index (χ2v) is 8.55. The van der Waals surface area contributed by atoms with Crippen LogP contribution in [-0.2, 0) is 9.59 Å². The first-order valence-corrected chi connectivity index (χ1v) is 11.7. The summed E-state index contributed by atoms with van der Waals surface area (Å²) in [6.45, 7) is 3.64. The summed E-state index contributed by atoms with van der Waals surface area (Å²) in [6, 6.07) is 14.1. The normalized spacial score (nSPS) is 10.8. The summed E-state index contributed by atoms with van der Waals surface area (Å²) in [7, 11) is 0. The molecule has 0 unspecified atom stereocenters. The number of nitrogens with zero attached hydrogens (tertiary/aromatic N) is 2. The number of aromatic amines is 2. The Balaban J connectivity index is 1.24. The SMILES string of the molecule is Cc1c[nH]c(=O)n1-c1cccc(NC(=O)CCCCC(=O)Nc2cccc(-n3c(C)c[nH]c3=O)c2)c1. The monoisotopic (exact) mass is 488 g/mol. The number of unbranched alkanes of at least 4 members (excludes halogenated alkanes) is 1. The highest BCUT2D eigenvalue weighted by Gasteiger charge is 2.10. The third kappa shape index (κ3) is 5.72. The molecule has 2 aromatic carbocycles. The summed E-state index contributed by atoms with van der Waals surface area (Å²) in [5, 5.41) is 5.69. The van der Waals surface area contributed by atoms with Gasteiger partial charge < -0.3 is 20.6 Å². The summed E-state index contributed by atoms with van der Waals surface area (Å²) in [6.07, 6.45) is 4.90. The van der Waals surface area contributed by atoms with E-state index in [0.29, 0.717) is 35.6 Å². The average Bonchev–Trinajstić information content (AvgIpc) is 3.36. The zero-order valence-corrected chi connectivity index (χ0v) is 20.1. The minimum Gasteiger partial charge on any atom is -0.326 e. The molecule has 4 aromatic rings. The van der Waals surface area contributed by atoms with Gasteiger partial charge in [-0.3, -0.25) is 18.7 Å². The van der Waals surface area contributed by atoms with Gasteiger partial charge in [-0.05, 0) is 63.1 Å². The molecule has 0 aliphatic heterocycles. The summed E-state index contributed by atoms with van der Waals surface area (Å²) < 4.78 is 3.06. The third-order valence-corrected chi connectivity index (χ3v) is 5.75. The predicted octanol–water partition coefficient (Wildman–Crippen LogP) is 3.40. The van der Waals surface area contributed by atoms with E-state index in [1.165, 1.54) is 9.13 Å². The predicted molar refractivity (Wildman–Crippen MR) is 138 cm³/mol. The van der Waals surface area contributed by atoms with Crippen molar-refractivity contribution in [3.8, 4) is 11.4 Å². The molecule has 186 valence electrons. The molecule has 0 bridgehead atoms. The van der Waals surface area contributed by atoms with Gasteiger partial charge in [-0.25, -0.2) is 9.59 Å². The molecule has 4 rings (SSSR count). The second-order valence-electron chi connectivity index (χ2n) is 8.55. The number of carbonyl (C=O) groups is 2. The van der Waals surface area contributed by atoms with Gasteiger partial charge in [0.25, 0.3) is 0 Å². The molecule has 0 atom stereocenters. The fourth-order valence-corrected chi connectivity index (χ4v) is 4.02. The molecule has 0 radical (unpaired) electrons. The van der Waals surface area contributed by atoms with Gasteiger partial charge in [0.1, 0.15) is 0 Å². The Hall–Kier alpha value is -4.60. The average molecular weight is 489 g/mol. The van der Waals surface area contributed by atoms with E-state index in [1.807, 2.05) is 13.8 Å². The van der Waals surface area contributed by atoms with E-state index in [2.05, 4.69) is 20.6 Å². The van der Waals surface area contributed by atoms with Crippen LogP contribution in [-0.4, -0.2) is 30.9 Å². The molecule has 4 N–H and O–H groups in total. The first-order chi connectivity index (χ1) is 17.3. The summed E-state index contributed by atoms with van der Waals surface area (Å²) >= 11 is 0. The number of nitrogens with one attached hydrogen (secondary N) is 4. The van der Waals surface area contributed by atoms with Crippen LogP contribution >= 0.6 is 0 Å². The molecular formula is C26H28N6O4. The van der Waals surface area contributed by atoms with Crippen molar-refractivity contribution in [3.63, 3.8) is 0 Å². The number of amides is 2. The van der Waals surface area contributed by atoms with E-state index in [9.17, 15) is 19.2 Å². The first-order valence-electron chi connectivity index (χ1n) is 11.7. The van der Waals surface area contributed by atoms with Crippen molar-refractivity contribution in [2.75, 3.05) is 10.6 Å². The van der Waals surface area contributed by atoms with Crippen LogP contribution < -0.4 is 22.0 Å². The van der Waals surface area contributed by atoms with Crippen LogP contribution in [0.1, 0.15) is 37.1 Å². The number of H-pyrrole nitrogens is 2. The molecular weight excluding hydrogens is 460 g/mol. The summed E-state index contributed by atoms with van der Waals surface area (Å²) in [4.78, 5) is 54.0. The lowest BCUT2D eigenvalue weighted by atomic mass is 10.1. The maximum atomic E-state index is 12.4. The highest BCUT2D eigenvalue weighted by Crippen LogP contribution is 2.17. The van der Waals surface area contributed by atoms with Crippen molar-refractivity contribution in [2.45, 2.75) is 39.5 Å². The molecule has 0 aliphatic carbocycles. The van der Waals surface area contributed by atoms with Gasteiger partial charge in [0.2, 0.25) is 11.8 Å². The van der Waals surface area contributed by atoms with E-state index in [4.69, 9.17) is 0 Å². The zero-order valence-electron chi connectivity index (χ0n) is 20.1. The van der Waals surface area contributed by atoms with Crippen LogP contribution in [0.4, 0.5) is 11.4 Å². The summed E-state index contributed by atoms with van der Waals surface area (Å²) in [5.74, 6) is -0.323. The van der Waals surface area contributed by atoms with Crippen molar-refractivity contribution in [3.05, 3.63) is 93.3 Å². The Morgan fingerprint density at radius 1 is 0.722 bits per heavy atom. The maximum Gasteiger partial charge on any atom is 0.330 e. The lowest BCUT2D eigenvalue weighted by molar-refractivity contribution is -0.118. The second kappa shape index (κ2) is 10.8. The van der Waals surface area contributed by atoms with Gasteiger partial charge >= 0.3 is 11.4 Å². The number of imidazole rings is 2. The van der Waals surface area contributed by atoms with Gasteiger partial charge in [0.15, 0.2) is 0 Å². The molecule has 2 aromatic heterocycles. The van der Waals surface area contributed by atoms with Crippen LogP contribution in [0, 0.1) is 13.8 Å². The Morgan fingerprint density at radius 2 is 1.14 bits per heavy atom. The standard InChI is InChI=1S/C26H28N6O4/c1-17-15-27-25(35)31(17)21-9-5-7-19(13-21)29-23(33)11-3-4-12-24(34)30-20-8-6-10-22(14-20)32-18(2)16-28-26(32)36/h5-10,13-16H,3-4,11-12H2,1-2H3,(H,27,35)(H,28,36)(H,29,33)(H,30,34). The Labute approximate surface area is 207 Å². The van der Waals surface area contributed by atoms with Gasteiger partial charge in [0, 0.05) is 48.0 Å². The molecule has 0 spiro atoms. The van der Waals surface area contributed by atoms with Crippen molar-refractivity contribution in [2.24, 2.45) is 0 Å². The minimum absolute atomic E-state index is 0.161. The number of aryl methyl sites for hydroxylation is 2. The van der Waals surface area contributed by atoms with Crippen molar-refractivity contribution in [1.29, 1.82) is 0 Å². The van der Waals surface area contributed by atoms with E-state index >= 15 is 0 Å². The van der Waals surface area contributed by atoms with Crippen LogP contribution in [0.15, 0.2) is 70.5 Å². The molecule has 10 nitrogen and oxygen atoms in total. The Kier molecular flexibility index (Phi) is 7.33. The number of rotatable bonds is 9. The van der Waals surface area contributed by atoms with Gasteiger partial charge in [0.05, 0.1) is 11.4 Å². The Bertz CT molecular complexity index is 1390. The van der Waals surface area contributed by atoms with Gasteiger partial charge in [-0.15, -0.1) is 0 Å². The van der Waals surface area contributed by atoms with Crippen LogP contribution in [0.3, 0.4) is 0 Å². The molecule has 10 heteroatoms. The largest absolute Gasteiger partial charge is 0.330 e. The number of hydrogen-bond donors (Lipinski definition) is 4. The number of benzene rings is 2. The maximum absolute atomic E-state index is 12.4. The third-order valence-electron chi connectivity index (χ3n) is 5.75. The molecule has 0 saturated heterocycles. The summed E-state index contributed by atoms with van der Waals surface area (Å²) in [5.41, 5.74) is 3.56. The molecule has 0 fully saturated rings.